The number of carbonyl (C=O) groups excluding carboxylic acids is 1. The van der Waals surface area contributed by atoms with Crippen LogP contribution >= 0.6 is 0 Å². The van der Waals surface area contributed by atoms with Crippen molar-refractivity contribution < 1.29 is 23.6 Å². The Kier molecular flexibility index (Phi) is 5.80. The summed E-state index contributed by atoms with van der Waals surface area (Å²) in [6, 6.07) is 9.67. The Bertz CT molecular complexity index is 751. The third kappa shape index (κ3) is 4.26. The average molecular weight is 334 g/mol. The highest BCUT2D eigenvalue weighted by atomic mass is 19.1. The van der Waals surface area contributed by atoms with E-state index in [4.69, 9.17) is 9.47 Å². The highest BCUT2D eigenvalue weighted by Crippen LogP contribution is 2.24. The summed E-state index contributed by atoms with van der Waals surface area (Å²) in [5.74, 6) is -1.14. The number of hydrogen-bond donors (Lipinski definition) is 1. The van der Waals surface area contributed by atoms with Crippen LogP contribution in [0.4, 0.5) is 15.8 Å². The summed E-state index contributed by atoms with van der Waals surface area (Å²) in [4.78, 5) is 22.2. The van der Waals surface area contributed by atoms with Crippen molar-refractivity contribution in [1.82, 2.24) is 0 Å². The molecular formula is C16H15FN2O5. The van der Waals surface area contributed by atoms with E-state index in [0.717, 1.165) is 12.1 Å². The van der Waals surface area contributed by atoms with Gasteiger partial charge in [-0.25, -0.2) is 0 Å². The van der Waals surface area contributed by atoms with Crippen molar-refractivity contribution in [3.8, 4) is 5.75 Å². The number of nitro groups is 1. The second-order valence-electron chi connectivity index (χ2n) is 4.71. The molecule has 0 aliphatic heterocycles. The molecule has 0 aromatic heterocycles. The van der Waals surface area contributed by atoms with Gasteiger partial charge in [-0.15, -0.1) is 0 Å². The first kappa shape index (κ1) is 17.4. The molecule has 0 aliphatic carbocycles. The number of amides is 1. The van der Waals surface area contributed by atoms with E-state index in [9.17, 15) is 19.3 Å². The molecule has 2 aromatic carbocycles. The smallest absolute Gasteiger partial charge is 0.306 e. The molecule has 0 unspecified atom stereocenters. The second kappa shape index (κ2) is 8.02. The Hall–Kier alpha value is -3.00. The first-order chi connectivity index (χ1) is 11.5. The van der Waals surface area contributed by atoms with Gasteiger partial charge >= 0.3 is 5.69 Å². The van der Waals surface area contributed by atoms with E-state index in [0.29, 0.717) is 12.4 Å². The summed E-state index contributed by atoms with van der Waals surface area (Å²) < 4.78 is 23.7. The van der Waals surface area contributed by atoms with Gasteiger partial charge in [0, 0.05) is 18.9 Å². The number of nitrogens with zero attached hydrogens (tertiary/aromatic N) is 1. The molecular weight excluding hydrogens is 319 g/mol. The molecule has 1 amide bonds. The Morgan fingerprint density at radius 1 is 1.25 bits per heavy atom. The van der Waals surface area contributed by atoms with E-state index in [1.54, 1.807) is 24.3 Å². The van der Waals surface area contributed by atoms with Crippen molar-refractivity contribution in [1.29, 1.82) is 0 Å². The van der Waals surface area contributed by atoms with Crippen molar-refractivity contribution >= 4 is 17.3 Å². The van der Waals surface area contributed by atoms with Gasteiger partial charge in [-0.05, 0) is 24.3 Å². The average Bonchev–Trinajstić information content (AvgIpc) is 2.57. The number of rotatable bonds is 7. The Morgan fingerprint density at radius 3 is 2.71 bits per heavy atom. The third-order valence-electron chi connectivity index (χ3n) is 3.08. The van der Waals surface area contributed by atoms with E-state index in [1.165, 1.54) is 13.2 Å². The summed E-state index contributed by atoms with van der Waals surface area (Å²) in [6.45, 7) is 0.628. The zero-order chi connectivity index (χ0) is 17.5. The van der Waals surface area contributed by atoms with Crippen LogP contribution in [0.3, 0.4) is 0 Å². The first-order valence-electron chi connectivity index (χ1n) is 6.99. The zero-order valence-corrected chi connectivity index (χ0v) is 12.8. The van der Waals surface area contributed by atoms with Crippen LogP contribution in [0.5, 0.6) is 5.75 Å². The summed E-state index contributed by atoms with van der Waals surface area (Å²) in [6.07, 6.45) is 0. The Morgan fingerprint density at radius 2 is 2.00 bits per heavy atom. The molecule has 0 bridgehead atoms. The van der Waals surface area contributed by atoms with Crippen molar-refractivity contribution in [2.45, 2.75) is 0 Å². The van der Waals surface area contributed by atoms with E-state index >= 15 is 0 Å². The molecule has 0 fully saturated rings. The van der Waals surface area contributed by atoms with Gasteiger partial charge in [0.2, 0.25) is 5.82 Å². The zero-order valence-electron chi connectivity index (χ0n) is 12.8. The normalized spacial score (nSPS) is 10.2. The van der Waals surface area contributed by atoms with Crippen molar-refractivity contribution in [2.75, 3.05) is 25.6 Å². The van der Waals surface area contributed by atoms with Crippen LogP contribution in [0.25, 0.3) is 0 Å². The molecule has 0 saturated carbocycles. The standard InChI is InChI=1S/C16H15FN2O5/c1-23-8-9-24-15-5-3-2-4-12(15)16(20)18-11-6-7-13(17)14(10-11)19(21)22/h2-7,10H,8-9H2,1H3,(H,18,20). The van der Waals surface area contributed by atoms with Crippen LogP contribution < -0.4 is 10.1 Å². The van der Waals surface area contributed by atoms with E-state index in [-0.39, 0.29) is 17.9 Å². The predicted molar refractivity (Wildman–Crippen MR) is 84.8 cm³/mol. The van der Waals surface area contributed by atoms with Crippen LogP contribution in [-0.2, 0) is 4.74 Å². The predicted octanol–water partition coefficient (Wildman–Crippen LogP) is 3.01. The molecule has 2 rings (SSSR count). The summed E-state index contributed by atoms with van der Waals surface area (Å²) in [7, 11) is 1.53. The highest BCUT2D eigenvalue weighted by molar-refractivity contribution is 6.06. The quantitative estimate of drug-likeness (QED) is 0.477. The van der Waals surface area contributed by atoms with Crippen molar-refractivity contribution in [2.24, 2.45) is 0 Å². The number of nitrogens with one attached hydrogen (secondary N) is 1. The molecule has 126 valence electrons. The van der Waals surface area contributed by atoms with Gasteiger partial charge in [-0.1, -0.05) is 12.1 Å². The number of methoxy groups -OCH3 is 1. The number of ether oxygens (including phenoxy) is 2. The maximum atomic E-state index is 13.3. The van der Waals surface area contributed by atoms with Crippen LogP contribution in [0, 0.1) is 15.9 Å². The number of nitro benzene ring substituents is 1. The minimum absolute atomic E-state index is 0.111. The fourth-order valence-corrected chi connectivity index (χ4v) is 1.94. The molecule has 0 aliphatic rings. The van der Waals surface area contributed by atoms with Crippen LogP contribution in [0.2, 0.25) is 0 Å². The Balaban J connectivity index is 2.18. The van der Waals surface area contributed by atoms with Crippen molar-refractivity contribution in [3.05, 3.63) is 64.0 Å². The number of para-hydroxylation sites is 1. The lowest BCUT2D eigenvalue weighted by Gasteiger charge is -2.11. The van der Waals surface area contributed by atoms with E-state index in [1.807, 2.05) is 0 Å². The van der Waals surface area contributed by atoms with Gasteiger partial charge in [0.25, 0.3) is 5.91 Å². The molecule has 2 aromatic rings. The molecule has 0 heterocycles. The lowest BCUT2D eigenvalue weighted by molar-refractivity contribution is -0.387. The van der Waals surface area contributed by atoms with Crippen LogP contribution in [0.15, 0.2) is 42.5 Å². The molecule has 0 radical (unpaired) electrons. The SMILES string of the molecule is COCCOc1ccccc1C(=O)Nc1ccc(F)c([N+](=O)[O-])c1. The number of benzene rings is 2. The number of carbonyl (C=O) groups is 1. The largest absolute Gasteiger partial charge is 0.490 e. The van der Waals surface area contributed by atoms with Crippen LogP contribution in [0.1, 0.15) is 10.4 Å². The van der Waals surface area contributed by atoms with Gasteiger partial charge in [0.05, 0.1) is 17.1 Å². The molecule has 0 spiro atoms. The lowest BCUT2D eigenvalue weighted by Crippen LogP contribution is -2.15. The minimum atomic E-state index is -0.971. The van der Waals surface area contributed by atoms with Crippen molar-refractivity contribution in [3.63, 3.8) is 0 Å². The second-order valence-corrected chi connectivity index (χ2v) is 4.71. The number of halogens is 1. The maximum absolute atomic E-state index is 13.3. The van der Waals surface area contributed by atoms with Crippen LogP contribution in [-0.4, -0.2) is 31.2 Å². The molecule has 0 saturated heterocycles. The fraction of sp³-hybridized carbons (Fsp3) is 0.188. The van der Waals surface area contributed by atoms with Gasteiger partial charge in [-0.2, -0.15) is 4.39 Å². The van der Waals surface area contributed by atoms with Gasteiger partial charge in [0.1, 0.15) is 12.4 Å². The molecule has 1 N–H and O–H groups in total. The topological polar surface area (TPSA) is 90.7 Å². The van der Waals surface area contributed by atoms with Gasteiger partial charge in [-0.3, -0.25) is 14.9 Å². The first-order valence-corrected chi connectivity index (χ1v) is 6.99. The third-order valence-corrected chi connectivity index (χ3v) is 3.08. The molecule has 7 nitrogen and oxygen atoms in total. The fourth-order valence-electron chi connectivity index (χ4n) is 1.94. The van der Waals surface area contributed by atoms with Gasteiger partial charge < -0.3 is 14.8 Å². The molecule has 24 heavy (non-hydrogen) atoms. The van der Waals surface area contributed by atoms with E-state index < -0.39 is 22.3 Å². The monoisotopic (exact) mass is 334 g/mol. The molecule has 0 atom stereocenters. The lowest BCUT2D eigenvalue weighted by atomic mass is 10.1. The minimum Gasteiger partial charge on any atom is -0.490 e. The summed E-state index contributed by atoms with van der Waals surface area (Å²) in [5, 5.41) is 13.2. The number of anilines is 1. The summed E-state index contributed by atoms with van der Waals surface area (Å²) in [5.41, 5.74) is -0.349. The highest BCUT2D eigenvalue weighted by Gasteiger charge is 2.17. The number of hydrogen-bond acceptors (Lipinski definition) is 5. The van der Waals surface area contributed by atoms with Gasteiger partial charge in [0.15, 0.2) is 0 Å². The Labute approximate surface area is 137 Å². The maximum Gasteiger partial charge on any atom is 0.306 e. The summed E-state index contributed by atoms with van der Waals surface area (Å²) >= 11 is 0. The van der Waals surface area contributed by atoms with E-state index in [2.05, 4.69) is 5.32 Å². The molecule has 8 heteroatoms.